The van der Waals surface area contributed by atoms with E-state index in [0.717, 1.165) is 28.5 Å². The maximum atomic E-state index is 6.23. The zero-order valence-electron chi connectivity index (χ0n) is 9.82. The predicted octanol–water partition coefficient (Wildman–Crippen LogP) is 3.16. The minimum atomic E-state index is 0.0859. The Labute approximate surface area is 118 Å². The molecule has 2 heterocycles. The highest BCUT2D eigenvalue weighted by Crippen LogP contribution is 2.32. The van der Waals surface area contributed by atoms with Crippen LogP contribution in [0.4, 0.5) is 0 Å². The zero-order valence-corrected chi connectivity index (χ0v) is 12.2. The van der Waals surface area contributed by atoms with Gasteiger partial charge in [0.25, 0.3) is 6.01 Å². The number of hydrogen-bond acceptors (Lipinski definition) is 3. The maximum absolute atomic E-state index is 6.23. The summed E-state index contributed by atoms with van der Waals surface area (Å²) < 4.78 is 13.9. The normalized spacial score (nSPS) is 19.6. The average molecular weight is 332 g/mol. The molecule has 0 bridgehead atoms. The SMILES string of the molecule is Cn1c(OC2CCOC2)nc2c(Cl)c(Br)ccc21. The summed E-state index contributed by atoms with van der Waals surface area (Å²) in [6.45, 7) is 1.38. The second kappa shape index (κ2) is 4.72. The van der Waals surface area contributed by atoms with Crippen LogP contribution in [0.5, 0.6) is 6.01 Å². The lowest BCUT2D eigenvalue weighted by molar-refractivity contribution is 0.132. The number of ether oxygens (including phenoxy) is 2. The first kappa shape index (κ1) is 12.3. The van der Waals surface area contributed by atoms with Crippen LogP contribution in [0.15, 0.2) is 16.6 Å². The number of imidazole rings is 1. The van der Waals surface area contributed by atoms with Gasteiger partial charge in [-0.25, -0.2) is 0 Å². The second-order valence-electron chi connectivity index (χ2n) is 4.29. The Kier molecular flexibility index (Phi) is 3.21. The summed E-state index contributed by atoms with van der Waals surface area (Å²) in [5, 5.41) is 0.612. The third-order valence-electron chi connectivity index (χ3n) is 3.06. The lowest BCUT2D eigenvalue weighted by atomic mass is 10.3. The molecular formula is C12H12BrClN2O2. The van der Waals surface area contributed by atoms with E-state index in [1.807, 2.05) is 23.7 Å². The number of halogens is 2. The van der Waals surface area contributed by atoms with Crippen LogP contribution in [0.3, 0.4) is 0 Å². The van der Waals surface area contributed by atoms with E-state index in [9.17, 15) is 0 Å². The fraction of sp³-hybridized carbons (Fsp3) is 0.417. The van der Waals surface area contributed by atoms with Crippen molar-refractivity contribution in [3.63, 3.8) is 0 Å². The van der Waals surface area contributed by atoms with Crippen LogP contribution < -0.4 is 4.74 Å². The third kappa shape index (κ3) is 2.00. The fourth-order valence-corrected chi connectivity index (χ4v) is 2.56. The molecule has 0 amide bonds. The molecule has 4 nitrogen and oxygen atoms in total. The van der Waals surface area contributed by atoms with Gasteiger partial charge in [0, 0.05) is 17.9 Å². The van der Waals surface area contributed by atoms with Gasteiger partial charge in [-0.05, 0) is 28.1 Å². The van der Waals surface area contributed by atoms with Gasteiger partial charge in [0.2, 0.25) is 0 Å². The van der Waals surface area contributed by atoms with Crippen LogP contribution in [-0.2, 0) is 11.8 Å². The summed E-state index contributed by atoms with van der Waals surface area (Å²) in [4.78, 5) is 4.46. The summed E-state index contributed by atoms with van der Waals surface area (Å²) >= 11 is 9.62. The summed E-state index contributed by atoms with van der Waals surface area (Å²) in [6, 6.07) is 4.46. The van der Waals surface area contributed by atoms with Crippen molar-refractivity contribution in [3.8, 4) is 6.01 Å². The quantitative estimate of drug-likeness (QED) is 0.848. The van der Waals surface area contributed by atoms with E-state index in [1.165, 1.54) is 0 Å². The molecule has 1 aliphatic heterocycles. The van der Waals surface area contributed by atoms with Crippen molar-refractivity contribution in [3.05, 3.63) is 21.6 Å². The Morgan fingerprint density at radius 2 is 2.39 bits per heavy atom. The number of fused-ring (bicyclic) bond motifs is 1. The van der Waals surface area contributed by atoms with Gasteiger partial charge in [0.1, 0.15) is 11.6 Å². The molecule has 1 fully saturated rings. The molecule has 96 valence electrons. The van der Waals surface area contributed by atoms with Gasteiger partial charge in [-0.3, -0.25) is 4.57 Å². The van der Waals surface area contributed by atoms with Crippen LogP contribution in [0.25, 0.3) is 11.0 Å². The lowest BCUT2D eigenvalue weighted by Gasteiger charge is -2.10. The summed E-state index contributed by atoms with van der Waals surface area (Å²) in [5.41, 5.74) is 1.71. The molecule has 1 atom stereocenters. The topological polar surface area (TPSA) is 36.3 Å². The molecule has 1 unspecified atom stereocenters. The van der Waals surface area contributed by atoms with Gasteiger partial charge < -0.3 is 9.47 Å². The molecule has 1 aromatic heterocycles. The van der Waals surface area contributed by atoms with Crippen molar-refractivity contribution < 1.29 is 9.47 Å². The Hall–Kier alpha value is -0.780. The van der Waals surface area contributed by atoms with Gasteiger partial charge in [0.15, 0.2) is 0 Å². The summed E-state index contributed by atoms with van der Waals surface area (Å²) in [7, 11) is 1.92. The lowest BCUT2D eigenvalue weighted by Crippen LogP contribution is -2.17. The number of nitrogens with zero attached hydrogens (tertiary/aromatic N) is 2. The van der Waals surface area contributed by atoms with E-state index in [4.69, 9.17) is 21.1 Å². The molecule has 1 aromatic carbocycles. The molecular weight excluding hydrogens is 320 g/mol. The first-order chi connectivity index (χ1) is 8.66. The third-order valence-corrected chi connectivity index (χ3v) is 4.34. The molecule has 1 aliphatic rings. The molecule has 0 saturated carbocycles. The van der Waals surface area contributed by atoms with Gasteiger partial charge in [-0.15, -0.1) is 0 Å². The van der Waals surface area contributed by atoms with E-state index < -0.39 is 0 Å². The smallest absolute Gasteiger partial charge is 0.297 e. The van der Waals surface area contributed by atoms with Crippen molar-refractivity contribution >= 4 is 38.6 Å². The highest BCUT2D eigenvalue weighted by atomic mass is 79.9. The van der Waals surface area contributed by atoms with Gasteiger partial charge >= 0.3 is 0 Å². The minimum Gasteiger partial charge on any atom is -0.459 e. The van der Waals surface area contributed by atoms with E-state index in [1.54, 1.807) is 0 Å². The Morgan fingerprint density at radius 1 is 1.56 bits per heavy atom. The van der Waals surface area contributed by atoms with Crippen molar-refractivity contribution in [2.24, 2.45) is 7.05 Å². The maximum Gasteiger partial charge on any atom is 0.297 e. The van der Waals surface area contributed by atoms with Crippen LogP contribution in [0.2, 0.25) is 5.02 Å². The molecule has 2 aromatic rings. The second-order valence-corrected chi connectivity index (χ2v) is 5.52. The predicted molar refractivity (Wildman–Crippen MR) is 73.3 cm³/mol. The first-order valence-electron chi connectivity index (χ1n) is 5.71. The average Bonchev–Trinajstić information content (AvgIpc) is 2.95. The number of aromatic nitrogens is 2. The van der Waals surface area contributed by atoms with Crippen LogP contribution in [0.1, 0.15) is 6.42 Å². The molecule has 1 saturated heterocycles. The highest BCUT2D eigenvalue weighted by molar-refractivity contribution is 9.10. The standard InChI is InChI=1S/C12H12BrClN2O2/c1-16-9-3-2-8(13)10(14)11(9)15-12(16)18-7-4-5-17-6-7/h2-3,7H,4-6H2,1H3. The summed E-state index contributed by atoms with van der Waals surface area (Å²) in [6.07, 6.45) is 0.989. The Morgan fingerprint density at radius 3 is 3.11 bits per heavy atom. The minimum absolute atomic E-state index is 0.0859. The number of aryl methyl sites for hydroxylation is 1. The number of benzene rings is 1. The molecule has 0 radical (unpaired) electrons. The van der Waals surface area contributed by atoms with Crippen LogP contribution in [0, 0.1) is 0 Å². The monoisotopic (exact) mass is 330 g/mol. The van der Waals surface area contributed by atoms with Gasteiger partial charge in [-0.2, -0.15) is 4.98 Å². The number of rotatable bonds is 2. The van der Waals surface area contributed by atoms with E-state index >= 15 is 0 Å². The molecule has 0 N–H and O–H groups in total. The molecule has 6 heteroatoms. The molecule has 0 spiro atoms. The van der Waals surface area contributed by atoms with Crippen LogP contribution >= 0.6 is 27.5 Å². The van der Waals surface area contributed by atoms with Crippen molar-refractivity contribution in [2.75, 3.05) is 13.2 Å². The van der Waals surface area contributed by atoms with E-state index in [0.29, 0.717) is 17.6 Å². The van der Waals surface area contributed by atoms with E-state index in [2.05, 4.69) is 20.9 Å². The largest absolute Gasteiger partial charge is 0.459 e. The van der Waals surface area contributed by atoms with E-state index in [-0.39, 0.29) is 6.10 Å². The van der Waals surface area contributed by atoms with Crippen molar-refractivity contribution in [2.45, 2.75) is 12.5 Å². The summed E-state index contributed by atoms with van der Waals surface area (Å²) in [5.74, 6) is 0. The first-order valence-corrected chi connectivity index (χ1v) is 6.88. The van der Waals surface area contributed by atoms with Crippen LogP contribution in [-0.4, -0.2) is 28.9 Å². The fourth-order valence-electron chi connectivity index (χ4n) is 2.04. The Balaban J connectivity index is 2.02. The molecule has 0 aliphatic carbocycles. The van der Waals surface area contributed by atoms with Gasteiger partial charge in [-0.1, -0.05) is 11.6 Å². The van der Waals surface area contributed by atoms with Crippen molar-refractivity contribution in [1.82, 2.24) is 9.55 Å². The van der Waals surface area contributed by atoms with Gasteiger partial charge in [0.05, 0.1) is 23.8 Å². The van der Waals surface area contributed by atoms with Crippen molar-refractivity contribution in [1.29, 1.82) is 0 Å². The number of hydrogen-bond donors (Lipinski definition) is 0. The highest BCUT2D eigenvalue weighted by Gasteiger charge is 2.21. The zero-order chi connectivity index (χ0) is 12.7. The Bertz CT molecular complexity index is 593. The molecule has 18 heavy (non-hydrogen) atoms. The molecule has 3 rings (SSSR count).